The highest BCUT2D eigenvalue weighted by molar-refractivity contribution is 5.73. The van der Waals surface area contributed by atoms with Gasteiger partial charge >= 0.3 is 0 Å². The molecule has 56 heavy (non-hydrogen) atoms. The first kappa shape index (κ1) is 45.7. The molecule has 5 heterocycles. The molecular weight excluding hydrogens is 766 g/mol. The minimum atomic E-state index is -2.00. The fraction of sp³-hybridized carbons (Fsp3) is 0.969. The van der Waals surface area contributed by atoms with Crippen LogP contribution in [0.2, 0.25) is 0 Å². The van der Waals surface area contributed by atoms with E-state index in [0.717, 1.165) is 6.92 Å². The lowest BCUT2D eigenvalue weighted by atomic mass is 9.94. The number of aliphatic hydroxyl groups excluding tert-OH is 13. The number of aliphatic hydroxyl groups is 13. The summed E-state index contributed by atoms with van der Waals surface area (Å²) in [5.41, 5.74) is 0. The number of carbonyl (C=O) groups excluding carboxylic acids is 1. The average molecular weight is 822 g/mol. The van der Waals surface area contributed by atoms with Crippen LogP contribution in [0, 0.1) is 0 Å². The first-order valence-corrected chi connectivity index (χ1v) is 18.2. The molecule has 5 saturated heterocycles. The third kappa shape index (κ3) is 9.31. The average Bonchev–Trinajstić information content (AvgIpc) is 3.15. The van der Waals surface area contributed by atoms with E-state index in [2.05, 4.69) is 5.32 Å². The van der Waals surface area contributed by atoms with Crippen LogP contribution in [0.25, 0.3) is 0 Å². The molecule has 24 heteroatoms. The maximum atomic E-state index is 12.8. The number of hydrogen-bond donors (Lipinski definition) is 14. The molecule has 1 amide bonds. The Balaban J connectivity index is 1.52. The first-order valence-electron chi connectivity index (χ1n) is 18.2. The highest BCUT2D eigenvalue weighted by Crippen LogP contribution is 2.37. The van der Waals surface area contributed by atoms with Crippen molar-refractivity contribution in [3.63, 3.8) is 0 Å². The molecule has 326 valence electrons. The van der Waals surface area contributed by atoms with Gasteiger partial charge in [-0.1, -0.05) is 0 Å². The van der Waals surface area contributed by atoms with Crippen molar-refractivity contribution in [1.82, 2.24) is 5.32 Å². The fourth-order valence-corrected chi connectivity index (χ4v) is 7.23. The summed E-state index contributed by atoms with van der Waals surface area (Å²) in [4.78, 5) is 12.8. The largest absolute Gasteiger partial charge is 0.394 e. The summed E-state index contributed by atoms with van der Waals surface area (Å²) >= 11 is 0. The maximum absolute atomic E-state index is 12.8. The standard InChI is InChI=1S/C32H55NO23/c1-7-15(38)20(43)26(28(47)48-7)55-32-27(21(44)16(39)9(3)50-32)56-29-13(33-10(4)36)25(54-30-22(45)18(41)14(37)8(2)49-30)24(12(6-35)52-29)53-31-23(46)19(42)17(40)11(5-34)51-31/h7-9,11-32,34-35,37-47H,5-6H2,1-4H3,(H,33,36)/t7-,8-,9-,11+,12+,13+,14-,15-,16-,17+,18+,19-,20+,21+,22+,23+,24+,25+,26+,27+,28+,29-,30-,31+,32-/m0/s1. The fourth-order valence-electron chi connectivity index (χ4n) is 7.23. The smallest absolute Gasteiger partial charge is 0.217 e. The van der Waals surface area contributed by atoms with Gasteiger partial charge in [-0.2, -0.15) is 0 Å². The van der Waals surface area contributed by atoms with Gasteiger partial charge in [0.25, 0.3) is 0 Å². The van der Waals surface area contributed by atoms with Crippen LogP contribution in [-0.4, -0.2) is 239 Å². The number of ether oxygens (including phenoxy) is 9. The molecule has 0 radical (unpaired) electrons. The SMILES string of the molecule is CC(=O)N[C@H]1[C@H](O[C@H]2[C@H](O[C@@H]3[C@H](O)[C@@H](O)[C@H](C)O[C@H]3O)O[C@@H](C)[C@H](O)[C@H]2O)O[C@H](CO)[C@@H](O[C@H]2O[C@H](CO)[C@@H](O)[C@H](O)[C@H]2O)[C@@H]1O[C@@H]1O[C@@H](C)[C@H](O)[C@@H](O)[C@H]1O. The zero-order valence-corrected chi connectivity index (χ0v) is 30.7. The Hall–Kier alpha value is -1.41. The van der Waals surface area contributed by atoms with Crippen LogP contribution < -0.4 is 5.32 Å². The van der Waals surface area contributed by atoms with Crippen LogP contribution in [0.15, 0.2) is 0 Å². The zero-order valence-electron chi connectivity index (χ0n) is 30.7. The summed E-state index contributed by atoms with van der Waals surface area (Å²) in [6, 6.07) is -1.68. The van der Waals surface area contributed by atoms with Gasteiger partial charge in [-0.05, 0) is 20.8 Å². The maximum Gasteiger partial charge on any atom is 0.217 e. The lowest BCUT2D eigenvalue weighted by molar-refractivity contribution is -0.397. The van der Waals surface area contributed by atoms with Gasteiger partial charge < -0.3 is 114 Å². The van der Waals surface area contributed by atoms with E-state index in [1.54, 1.807) is 0 Å². The van der Waals surface area contributed by atoms with Gasteiger partial charge in [0.2, 0.25) is 5.91 Å². The van der Waals surface area contributed by atoms with Crippen molar-refractivity contribution >= 4 is 5.91 Å². The van der Waals surface area contributed by atoms with Gasteiger partial charge in [0, 0.05) is 6.92 Å². The van der Waals surface area contributed by atoms with Crippen LogP contribution >= 0.6 is 0 Å². The molecule has 25 atom stereocenters. The van der Waals surface area contributed by atoms with E-state index in [9.17, 15) is 71.2 Å². The number of hydrogen-bond acceptors (Lipinski definition) is 23. The van der Waals surface area contributed by atoms with Gasteiger partial charge in [-0.3, -0.25) is 4.79 Å². The van der Waals surface area contributed by atoms with Gasteiger partial charge in [-0.15, -0.1) is 0 Å². The monoisotopic (exact) mass is 821 g/mol. The van der Waals surface area contributed by atoms with Gasteiger partial charge in [0.1, 0.15) is 104 Å². The van der Waals surface area contributed by atoms with Crippen molar-refractivity contribution in [3.05, 3.63) is 0 Å². The summed E-state index contributed by atoms with van der Waals surface area (Å²) in [5, 5.41) is 140. The molecule has 24 nitrogen and oxygen atoms in total. The van der Waals surface area contributed by atoms with Crippen LogP contribution in [0.3, 0.4) is 0 Å². The second-order valence-electron chi connectivity index (χ2n) is 14.6. The molecule has 0 aromatic heterocycles. The predicted octanol–water partition coefficient (Wildman–Crippen LogP) is -8.70. The van der Waals surface area contributed by atoms with Gasteiger partial charge in [0.15, 0.2) is 31.5 Å². The van der Waals surface area contributed by atoms with Crippen molar-refractivity contribution in [1.29, 1.82) is 0 Å². The van der Waals surface area contributed by atoms with E-state index in [4.69, 9.17) is 42.6 Å². The topological polar surface area (TPSA) is 375 Å². The Kier molecular flexibility index (Phi) is 15.4. The molecule has 0 unspecified atom stereocenters. The van der Waals surface area contributed by atoms with Crippen LogP contribution in [-0.2, 0) is 47.4 Å². The minimum absolute atomic E-state index is 0.792. The zero-order chi connectivity index (χ0) is 41.5. The second kappa shape index (κ2) is 18.9. The number of rotatable bonds is 11. The van der Waals surface area contributed by atoms with Crippen LogP contribution in [0.5, 0.6) is 0 Å². The van der Waals surface area contributed by atoms with Crippen molar-refractivity contribution in [2.45, 2.75) is 181 Å². The van der Waals surface area contributed by atoms with E-state index in [-0.39, 0.29) is 0 Å². The Bertz CT molecular complexity index is 1270. The van der Waals surface area contributed by atoms with E-state index >= 15 is 0 Å². The second-order valence-corrected chi connectivity index (χ2v) is 14.6. The third-order valence-electron chi connectivity index (χ3n) is 10.6. The molecule has 0 aromatic carbocycles. The molecule has 0 saturated carbocycles. The highest BCUT2D eigenvalue weighted by atomic mass is 16.8. The van der Waals surface area contributed by atoms with E-state index < -0.39 is 173 Å². The Morgan fingerprint density at radius 3 is 1.46 bits per heavy atom. The summed E-state index contributed by atoms with van der Waals surface area (Å²) in [6.07, 6.45) is -40.7. The molecule has 0 bridgehead atoms. The number of amides is 1. The summed E-state index contributed by atoms with van der Waals surface area (Å²) in [7, 11) is 0. The van der Waals surface area contributed by atoms with Crippen LogP contribution in [0.1, 0.15) is 27.7 Å². The lowest BCUT2D eigenvalue weighted by Crippen LogP contribution is -2.71. The summed E-state index contributed by atoms with van der Waals surface area (Å²) in [6.45, 7) is 3.31. The highest BCUT2D eigenvalue weighted by Gasteiger charge is 2.57. The Labute approximate surface area is 319 Å². The molecule has 5 aliphatic rings. The predicted molar refractivity (Wildman–Crippen MR) is 174 cm³/mol. The van der Waals surface area contributed by atoms with Gasteiger partial charge in [0.05, 0.1) is 31.5 Å². The minimum Gasteiger partial charge on any atom is -0.394 e. The molecule has 0 aromatic rings. The first-order chi connectivity index (χ1) is 26.3. The molecule has 0 aliphatic carbocycles. The van der Waals surface area contributed by atoms with E-state index in [1.807, 2.05) is 0 Å². The number of nitrogens with one attached hydrogen (secondary N) is 1. The lowest BCUT2D eigenvalue weighted by Gasteiger charge is -2.51. The third-order valence-corrected chi connectivity index (χ3v) is 10.6. The van der Waals surface area contributed by atoms with E-state index in [0.29, 0.717) is 0 Å². The van der Waals surface area contributed by atoms with Crippen molar-refractivity contribution in [2.24, 2.45) is 0 Å². The Morgan fingerprint density at radius 1 is 0.464 bits per heavy atom. The molecule has 14 N–H and O–H groups in total. The summed E-state index contributed by atoms with van der Waals surface area (Å²) < 4.78 is 52.1. The normalized spacial score (nSPS) is 53.1. The quantitative estimate of drug-likeness (QED) is 0.0920. The number of carbonyl (C=O) groups is 1. The van der Waals surface area contributed by atoms with Crippen LogP contribution in [0.4, 0.5) is 0 Å². The van der Waals surface area contributed by atoms with Crippen molar-refractivity contribution in [2.75, 3.05) is 13.2 Å². The molecule has 5 fully saturated rings. The molecule has 0 spiro atoms. The van der Waals surface area contributed by atoms with Crippen molar-refractivity contribution < 1.29 is 114 Å². The van der Waals surface area contributed by atoms with E-state index in [1.165, 1.54) is 20.8 Å². The Morgan fingerprint density at radius 2 is 0.893 bits per heavy atom. The molecule has 5 aliphatic heterocycles. The van der Waals surface area contributed by atoms with Gasteiger partial charge in [-0.25, -0.2) is 0 Å². The molecule has 5 rings (SSSR count). The molecular formula is C32H55NO23. The van der Waals surface area contributed by atoms with Crippen molar-refractivity contribution in [3.8, 4) is 0 Å². The summed E-state index contributed by atoms with van der Waals surface area (Å²) in [5.74, 6) is -0.792.